The molecule has 1 N–H and O–H groups in total. The Kier molecular flexibility index (Phi) is 5.93. The normalized spacial score (nSPS) is 11.5. The van der Waals surface area contributed by atoms with Gasteiger partial charge in [-0.3, -0.25) is 10.2 Å². The number of aromatic nitrogens is 3. The second kappa shape index (κ2) is 9.32. The number of rotatable bonds is 6. The van der Waals surface area contributed by atoms with Crippen LogP contribution in [0.1, 0.15) is 20.4 Å². The van der Waals surface area contributed by atoms with Crippen molar-refractivity contribution in [2.75, 3.05) is 5.43 Å². The Labute approximate surface area is 198 Å². The quantitative estimate of drug-likeness (QED) is 0.262. The first kappa shape index (κ1) is 21.0. The van der Waals surface area contributed by atoms with Crippen molar-refractivity contribution in [2.45, 2.75) is 6.92 Å². The maximum atomic E-state index is 13.4. The second-order valence-corrected chi connectivity index (χ2v) is 9.11. The standard InChI is InChI=1S/C25H19N5OS2/c1-17-22(32-23(26-17)18-11-5-2-6-12-18)21(31)24-29-30(20-15-9-4-10-16-20)25(33-24)28-27-19-13-7-3-8-14-19/h2-16,27H,1H3/b28-25+. The lowest BCUT2D eigenvalue weighted by Crippen LogP contribution is -2.16. The summed E-state index contributed by atoms with van der Waals surface area (Å²) in [6, 6.07) is 29.2. The minimum absolute atomic E-state index is 0.150. The Bertz CT molecular complexity index is 1460. The van der Waals surface area contributed by atoms with E-state index in [1.807, 2.05) is 97.9 Å². The Morgan fingerprint density at radius 2 is 1.52 bits per heavy atom. The highest BCUT2D eigenvalue weighted by Gasteiger charge is 2.22. The first-order valence-electron chi connectivity index (χ1n) is 10.3. The van der Waals surface area contributed by atoms with E-state index in [4.69, 9.17) is 0 Å². The van der Waals surface area contributed by atoms with Gasteiger partial charge in [-0.1, -0.05) is 78.1 Å². The van der Waals surface area contributed by atoms with Crippen LogP contribution in [0.4, 0.5) is 5.69 Å². The number of nitrogens with zero attached hydrogens (tertiary/aromatic N) is 4. The predicted molar refractivity (Wildman–Crippen MR) is 133 cm³/mol. The topological polar surface area (TPSA) is 72.2 Å². The SMILES string of the molecule is Cc1nc(-c2ccccc2)sc1C(=O)c1nn(-c2ccccc2)/c(=N\Nc2ccccc2)s1. The average molecular weight is 470 g/mol. The first-order chi connectivity index (χ1) is 16.2. The zero-order chi connectivity index (χ0) is 22.6. The zero-order valence-electron chi connectivity index (χ0n) is 17.7. The van der Waals surface area contributed by atoms with Gasteiger partial charge in [-0.25, -0.2) is 9.67 Å². The molecule has 2 heterocycles. The van der Waals surface area contributed by atoms with Crippen LogP contribution in [0, 0.1) is 6.92 Å². The monoisotopic (exact) mass is 469 g/mol. The summed E-state index contributed by atoms with van der Waals surface area (Å²) in [7, 11) is 0. The Morgan fingerprint density at radius 1 is 0.879 bits per heavy atom. The zero-order valence-corrected chi connectivity index (χ0v) is 19.3. The molecule has 0 saturated heterocycles. The Morgan fingerprint density at radius 3 is 2.21 bits per heavy atom. The van der Waals surface area contributed by atoms with Gasteiger partial charge in [0, 0.05) is 5.56 Å². The molecule has 0 aliphatic carbocycles. The molecule has 5 aromatic rings. The van der Waals surface area contributed by atoms with Crippen LogP contribution in [0.25, 0.3) is 16.3 Å². The maximum Gasteiger partial charge on any atom is 0.235 e. The fraction of sp³-hybridized carbons (Fsp3) is 0.0400. The van der Waals surface area contributed by atoms with E-state index in [0.29, 0.717) is 20.4 Å². The Balaban J connectivity index is 1.54. The van der Waals surface area contributed by atoms with Gasteiger partial charge >= 0.3 is 0 Å². The highest BCUT2D eigenvalue weighted by molar-refractivity contribution is 7.18. The van der Waals surface area contributed by atoms with E-state index in [2.05, 4.69) is 20.6 Å². The number of thiazole rings is 1. The van der Waals surface area contributed by atoms with Crippen LogP contribution in [-0.2, 0) is 0 Å². The lowest BCUT2D eigenvalue weighted by atomic mass is 10.2. The molecule has 0 saturated carbocycles. The summed E-state index contributed by atoms with van der Waals surface area (Å²) in [5, 5.41) is 10.3. The number of hydrogen-bond acceptors (Lipinski definition) is 7. The number of para-hydroxylation sites is 2. The van der Waals surface area contributed by atoms with Gasteiger partial charge in [0.05, 0.1) is 17.1 Å². The third-order valence-corrected chi connectivity index (χ3v) is 6.95. The lowest BCUT2D eigenvalue weighted by molar-refractivity contribution is 0.104. The summed E-state index contributed by atoms with van der Waals surface area (Å²) in [6.45, 7) is 1.86. The molecule has 0 bridgehead atoms. The molecular formula is C25H19N5OS2. The van der Waals surface area contributed by atoms with E-state index < -0.39 is 0 Å². The van der Waals surface area contributed by atoms with Crippen LogP contribution in [0.2, 0.25) is 0 Å². The highest BCUT2D eigenvalue weighted by atomic mass is 32.1. The van der Waals surface area contributed by atoms with Crippen LogP contribution >= 0.6 is 22.7 Å². The maximum absolute atomic E-state index is 13.4. The number of benzene rings is 3. The van der Waals surface area contributed by atoms with Crippen molar-refractivity contribution in [1.29, 1.82) is 0 Å². The molecule has 2 aromatic heterocycles. The van der Waals surface area contributed by atoms with Crippen molar-refractivity contribution in [3.63, 3.8) is 0 Å². The number of carbonyl (C=O) groups excluding carboxylic acids is 1. The summed E-state index contributed by atoms with van der Waals surface area (Å²) in [4.78, 5) is 19.2. The number of ketones is 1. The van der Waals surface area contributed by atoms with Gasteiger partial charge in [-0.05, 0) is 31.2 Å². The van der Waals surface area contributed by atoms with E-state index in [1.54, 1.807) is 4.68 Å². The van der Waals surface area contributed by atoms with E-state index in [0.717, 1.165) is 21.9 Å². The molecular weight excluding hydrogens is 450 g/mol. The summed E-state index contributed by atoms with van der Waals surface area (Å²) in [5.41, 5.74) is 6.42. The average Bonchev–Trinajstić information content (AvgIpc) is 3.48. The van der Waals surface area contributed by atoms with Crippen molar-refractivity contribution < 1.29 is 4.79 Å². The minimum Gasteiger partial charge on any atom is -0.285 e. The molecule has 33 heavy (non-hydrogen) atoms. The van der Waals surface area contributed by atoms with Crippen LogP contribution in [-0.4, -0.2) is 20.5 Å². The molecule has 0 fully saturated rings. The number of hydrogen-bond donors (Lipinski definition) is 1. The van der Waals surface area contributed by atoms with Gasteiger partial charge in [-0.15, -0.1) is 16.4 Å². The van der Waals surface area contributed by atoms with Gasteiger partial charge in [-0.2, -0.15) is 5.10 Å². The molecule has 0 atom stereocenters. The van der Waals surface area contributed by atoms with E-state index in [1.165, 1.54) is 22.7 Å². The summed E-state index contributed by atoms with van der Waals surface area (Å²) in [6.07, 6.45) is 0. The number of carbonyl (C=O) groups is 1. The molecule has 0 radical (unpaired) electrons. The molecule has 0 aliphatic heterocycles. The minimum atomic E-state index is -0.150. The van der Waals surface area contributed by atoms with Gasteiger partial charge in [0.2, 0.25) is 10.6 Å². The van der Waals surface area contributed by atoms with Crippen molar-refractivity contribution in [1.82, 2.24) is 14.8 Å². The smallest absolute Gasteiger partial charge is 0.235 e. The van der Waals surface area contributed by atoms with Crippen molar-refractivity contribution in [3.8, 4) is 16.3 Å². The van der Waals surface area contributed by atoms with Gasteiger partial charge in [0.25, 0.3) is 0 Å². The van der Waals surface area contributed by atoms with Gasteiger partial charge in [0.1, 0.15) is 9.88 Å². The molecule has 6 nitrogen and oxygen atoms in total. The van der Waals surface area contributed by atoms with E-state index in [-0.39, 0.29) is 5.78 Å². The molecule has 0 unspecified atom stereocenters. The van der Waals surface area contributed by atoms with E-state index in [9.17, 15) is 4.79 Å². The molecule has 0 amide bonds. The Hall–Kier alpha value is -3.88. The fourth-order valence-electron chi connectivity index (χ4n) is 3.22. The van der Waals surface area contributed by atoms with Crippen molar-refractivity contribution in [2.24, 2.45) is 5.10 Å². The van der Waals surface area contributed by atoms with Crippen LogP contribution < -0.4 is 10.2 Å². The highest BCUT2D eigenvalue weighted by Crippen LogP contribution is 2.29. The van der Waals surface area contributed by atoms with Gasteiger partial charge in [0.15, 0.2) is 5.01 Å². The molecule has 8 heteroatoms. The first-order valence-corrected chi connectivity index (χ1v) is 11.9. The number of aryl methyl sites for hydroxylation is 1. The molecule has 0 spiro atoms. The summed E-state index contributed by atoms with van der Waals surface area (Å²) >= 11 is 2.63. The third kappa shape index (κ3) is 4.52. The second-order valence-electron chi connectivity index (χ2n) is 7.16. The largest absolute Gasteiger partial charge is 0.285 e. The molecule has 5 rings (SSSR count). The van der Waals surface area contributed by atoms with Crippen molar-refractivity contribution in [3.05, 3.63) is 111 Å². The van der Waals surface area contributed by atoms with Crippen LogP contribution in [0.5, 0.6) is 0 Å². The molecule has 162 valence electrons. The third-order valence-electron chi connectivity index (χ3n) is 4.83. The van der Waals surface area contributed by atoms with Crippen LogP contribution in [0.15, 0.2) is 96.1 Å². The lowest BCUT2D eigenvalue weighted by Gasteiger charge is -2.01. The fourth-order valence-corrected chi connectivity index (χ4v) is 5.11. The van der Waals surface area contributed by atoms with Gasteiger partial charge < -0.3 is 0 Å². The van der Waals surface area contributed by atoms with Crippen molar-refractivity contribution >= 4 is 34.1 Å². The van der Waals surface area contributed by atoms with E-state index >= 15 is 0 Å². The number of anilines is 1. The molecule has 0 aliphatic rings. The number of nitrogens with one attached hydrogen (secondary N) is 1. The molecule has 3 aromatic carbocycles. The van der Waals surface area contributed by atoms with Crippen LogP contribution in [0.3, 0.4) is 0 Å². The predicted octanol–water partition coefficient (Wildman–Crippen LogP) is 5.52. The summed E-state index contributed by atoms with van der Waals surface area (Å²) < 4.78 is 1.68. The summed E-state index contributed by atoms with van der Waals surface area (Å²) in [5.74, 6) is -0.150.